The second-order valence-corrected chi connectivity index (χ2v) is 2.08. The molecule has 1 heterocycles. The summed E-state index contributed by atoms with van der Waals surface area (Å²) in [6, 6.07) is 3.34. The van der Waals surface area contributed by atoms with E-state index in [4.69, 9.17) is 15.3 Å². The molecule has 0 saturated carbocycles. The molecule has 0 fully saturated rings. The van der Waals surface area contributed by atoms with Crippen LogP contribution in [0, 0.1) is 0 Å². The van der Waals surface area contributed by atoms with Crippen molar-refractivity contribution >= 4 is 5.82 Å². The van der Waals surface area contributed by atoms with Crippen molar-refractivity contribution in [1.29, 1.82) is 0 Å². The Morgan fingerprint density at radius 3 is 2.58 bits per heavy atom. The van der Waals surface area contributed by atoms with Crippen molar-refractivity contribution < 1.29 is 9.47 Å². The van der Waals surface area contributed by atoms with Gasteiger partial charge in [0.1, 0.15) is 11.6 Å². The van der Waals surface area contributed by atoms with E-state index in [2.05, 4.69) is 10.4 Å². The molecule has 0 aliphatic carbocycles. The molecule has 5 heteroatoms. The van der Waals surface area contributed by atoms with Crippen molar-refractivity contribution in [2.75, 3.05) is 19.6 Å². The molecule has 66 valence electrons. The maximum absolute atomic E-state index is 5.17. The molecule has 0 amide bonds. The minimum absolute atomic E-state index is 0.460. The molecule has 3 N–H and O–H groups in total. The molecule has 0 saturated heterocycles. The average molecular weight is 169 g/mol. The average Bonchev–Trinajstić information content (AvgIpc) is 2.16. The van der Waals surface area contributed by atoms with Crippen LogP contribution in [0.5, 0.6) is 11.6 Å². The van der Waals surface area contributed by atoms with Crippen molar-refractivity contribution in [3.63, 3.8) is 0 Å². The van der Waals surface area contributed by atoms with Crippen molar-refractivity contribution in [3.05, 3.63) is 12.1 Å². The van der Waals surface area contributed by atoms with Gasteiger partial charge in [-0.1, -0.05) is 0 Å². The Morgan fingerprint density at radius 1 is 1.33 bits per heavy atom. The molecule has 1 rings (SSSR count). The number of hydrogen-bond donors (Lipinski definition) is 2. The molecule has 0 unspecified atom stereocenters. The fourth-order valence-electron chi connectivity index (χ4n) is 0.778. The number of nitrogens with zero attached hydrogens (tertiary/aromatic N) is 1. The summed E-state index contributed by atoms with van der Waals surface area (Å²) in [5.74, 6) is 6.79. The van der Waals surface area contributed by atoms with Crippen LogP contribution < -0.4 is 20.7 Å². The number of hydrogen-bond acceptors (Lipinski definition) is 5. The van der Waals surface area contributed by atoms with E-state index in [1.54, 1.807) is 19.2 Å². The zero-order valence-electron chi connectivity index (χ0n) is 7.00. The lowest BCUT2D eigenvalue weighted by Gasteiger charge is -2.05. The molecule has 0 aliphatic rings. The van der Waals surface area contributed by atoms with Crippen LogP contribution in [0.2, 0.25) is 0 Å². The topological polar surface area (TPSA) is 69.4 Å². The highest BCUT2D eigenvalue weighted by atomic mass is 16.5. The number of rotatable bonds is 3. The number of ether oxygens (including phenoxy) is 2. The van der Waals surface area contributed by atoms with Gasteiger partial charge in [-0.2, -0.15) is 4.98 Å². The minimum atomic E-state index is 0.460. The number of methoxy groups -OCH3 is 2. The molecular weight excluding hydrogens is 158 g/mol. The number of nitrogen functional groups attached to an aromatic ring is 1. The standard InChI is InChI=1S/C7H11N3O2/c1-11-5-3-6(10-8)9-7(4-5)12-2/h3-4H,8H2,1-2H3,(H,9,10). The van der Waals surface area contributed by atoms with Crippen LogP contribution >= 0.6 is 0 Å². The summed E-state index contributed by atoms with van der Waals surface area (Å²) in [6.07, 6.45) is 0. The third-order valence-electron chi connectivity index (χ3n) is 1.37. The number of nitrogens with two attached hydrogens (primary N) is 1. The highest BCUT2D eigenvalue weighted by molar-refractivity contribution is 5.43. The van der Waals surface area contributed by atoms with E-state index in [-0.39, 0.29) is 0 Å². The molecule has 0 radical (unpaired) electrons. The molecule has 12 heavy (non-hydrogen) atoms. The lowest BCUT2D eigenvalue weighted by molar-refractivity contribution is 0.383. The summed E-state index contributed by atoms with van der Waals surface area (Å²) >= 11 is 0. The van der Waals surface area contributed by atoms with Gasteiger partial charge in [0.15, 0.2) is 0 Å². The van der Waals surface area contributed by atoms with Crippen molar-refractivity contribution in [2.24, 2.45) is 5.84 Å². The van der Waals surface area contributed by atoms with Gasteiger partial charge >= 0.3 is 0 Å². The van der Waals surface area contributed by atoms with Crippen molar-refractivity contribution in [2.45, 2.75) is 0 Å². The Kier molecular flexibility index (Phi) is 2.71. The van der Waals surface area contributed by atoms with E-state index in [1.165, 1.54) is 7.11 Å². The Labute approximate surface area is 70.5 Å². The highest BCUT2D eigenvalue weighted by Crippen LogP contribution is 2.20. The molecular formula is C7H11N3O2. The van der Waals surface area contributed by atoms with E-state index in [9.17, 15) is 0 Å². The summed E-state index contributed by atoms with van der Waals surface area (Å²) in [7, 11) is 3.09. The fourth-order valence-corrected chi connectivity index (χ4v) is 0.778. The molecule has 0 bridgehead atoms. The predicted molar refractivity (Wildman–Crippen MR) is 45.2 cm³/mol. The molecule has 0 aliphatic heterocycles. The number of hydrazine groups is 1. The van der Waals surface area contributed by atoms with Gasteiger partial charge in [0.2, 0.25) is 5.88 Å². The number of nitrogens with one attached hydrogen (secondary N) is 1. The van der Waals surface area contributed by atoms with Gasteiger partial charge in [0.05, 0.1) is 14.2 Å². The van der Waals surface area contributed by atoms with Crippen molar-refractivity contribution in [3.8, 4) is 11.6 Å². The van der Waals surface area contributed by atoms with Crippen molar-refractivity contribution in [1.82, 2.24) is 4.98 Å². The highest BCUT2D eigenvalue weighted by Gasteiger charge is 2.00. The molecule has 1 aromatic rings. The summed E-state index contributed by atoms with van der Waals surface area (Å²) in [4.78, 5) is 3.98. The predicted octanol–water partition coefficient (Wildman–Crippen LogP) is 0.384. The normalized spacial score (nSPS) is 9.25. The first-order valence-electron chi connectivity index (χ1n) is 3.37. The van der Waals surface area contributed by atoms with Gasteiger partial charge in [-0.3, -0.25) is 0 Å². The monoisotopic (exact) mass is 169 g/mol. The summed E-state index contributed by atoms with van der Waals surface area (Å²) in [5.41, 5.74) is 2.41. The van der Waals surface area contributed by atoms with Crippen LogP contribution in [0.25, 0.3) is 0 Å². The SMILES string of the molecule is COc1cc(NN)nc(OC)c1. The van der Waals surface area contributed by atoms with E-state index in [0.29, 0.717) is 17.4 Å². The number of anilines is 1. The van der Waals surface area contributed by atoms with Crippen LogP contribution in [0.4, 0.5) is 5.82 Å². The van der Waals surface area contributed by atoms with Crippen LogP contribution in [-0.2, 0) is 0 Å². The molecule has 0 aromatic carbocycles. The zero-order valence-corrected chi connectivity index (χ0v) is 7.00. The van der Waals surface area contributed by atoms with Gasteiger partial charge in [-0.05, 0) is 0 Å². The second-order valence-electron chi connectivity index (χ2n) is 2.08. The number of pyridine rings is 1. The maximum Gasteiger partial charge on any atom is 0.218 e. The van der Waals surface area contributed by atoms with Crippen LogP contribution in [0.1, 0.15) is 0 Å². The summed E-state index contributed by atoms with van der Waals surface area (Å²) < 4.78 is 9.90. The summed E-state index contributed by atoms with van der Waals surface area (Å²) in [5, 5.41) is 0. The first kappa shape index (κ1) is 8.61. The largest absolute Gasteiger partial charge is 0.496 e. The third-order valence-corrected chi connectivity index (χ3v) is 1.37. The Morgan fingerprint density at radius 2 is 2.08 bits per heavy atom. The summed E-state index contributed by atoms with van der Waals surface area (Å²) in [6.45, 7) is 0. The van der Waals surface area contributed by atoms with Gasteiger partial charge in [-0.25, -0.2) is 5.84 Å². The molecule has 1 aromatic heterocycles. The van der Waals surface area contributed by atoms with Gasteiger partial charge in [-0.15, -0.1) is 0 Å². The second kappa shape index (κ2) is 3.77. The van der Waals surface area contributed by atoms with Gasteiger partial charge in [0, 0.05) is 12.1 Å². The lowest BCUT2D eigenvalue weighted by Crippen LogP contribution is -2.09. The first-order chi connectivity index (χ1) is 5.80. The molecule has 5 nitrogen and oxygen atoms in total. The van der Waals surface area contributed by atoms with Gasteiger partial charge < -0.3 is 14.9 Å². The Balaban J connectivity index is 3.01. The third kappa shape index (κ3) is 1.76. The van der Waals surface area contributed by atoms with Crippen LogP contribution in [0.15, 0.2) is 12.1 Å². The van der Waals surface area contributed by atoms with Crippen LogP contribution in [-0.4, -0.2) is 19.2 Å². The van der Waals surface area contributed by atoms with Gasteiger partial charge in [0.25, 0.3) is 0 Å². The minimum Gasteiger partial charge on any atom is -0.496 e. The first-order valence-corrected chi connectivity index (χ1v) is 3.37. The molecule has 0 spiro atoms. The fraction of sp³-hybridized carbons (Fsp3) is 0.286. The van der Waals surface area contributed by atoms with Crippen LogP contribution in [0.3, 0.4) is 0 Å². The Bertz CT molecular complexity index is 210. The van der Waals surface area contributed by atoms with E-state index >= 15 is 0 Å². The Hall–Kier alpha value is -1.49. The molecule has 0 atom stereocenters. The quantitative estimate of drug-likeness (QED) is 0.505. The van der Waals surface area contributed by atoms with E-state index < -0.39 is 0 Å². The maximum atomic E-state index is 5.17. The smallest absolute Gasteiger partial charge is 0.218 e. The van der Waals surface area contributed by atoms with E-state index in [0.717, 1.165) is 0 Å². The zero-order chi connectivity index (χ0) is 8.97. The lowest BCUT2D eigenvalue weighted by atomic mass is 10.4. The number of aromatic nitrogens is 1. The van der Waals surface area contributed by atoms with E-state index in [1.807, 2.05) is 0 Å².